The molecule has 0 aliphatic heterocycles. The van der Waals surface area contributed by atoms with E-state index in [1.807, 2.05) is 0 Å². The lowest BCUT2D eigenvalue weighted by Crippen LogP contribution is -2.13. The Bertz CT molecular complexity index is 344. The van der Waals surface area contributed by atoms with E-state index in [-0.39, 0.29) is 12.1 Å². The van der Waals surface area contributed by atoms with Crippen LogP contribution in [0, 0.1) is 0 Å². The first kappa shape index (κ1) is 10.6. The summed E-state index contributed by atoms with van der Waals surface area (Å²) in [6.45, 7) is 2.78. The Labute approximate surface area is 81.6 Å². The molecule has 0 spiro atoms. The zero-order valence-electron chi connectivity index (χ0n) is 8.12. The SMILES string of the molecule is CC(C)(F)c1cccc(CC(=O)O)n1. The topological polar surface area (TPSA) is 50.2 Å². The lowest BCUT2D eigenvalue weighted by atomic mass is 10.1. The molecule has 1 heterocycles. The van der Waals surface area contributed by atoms with Gasteiger partial charge in [0.1, 0.15) is 5.67 Å². The lowest BCUT2D eigenvalue weighted by molar-refractivity contribution is -0.136. The quantitative estimate of drug-likeness (QED) is 0.805. The Hall–Kier alpha value is -1.45. The summed E-state index contributed by atoms with van der Waals surface area (Å²) in [6, 6.07) is 4.73. The van der Waals surface area contributed by atoms with Gasteiger partial charge >= 0.3 is 5.97 Å². The molecular weight excluding hydrogens is 185 g/mol. The average molecular weight is 197 g/mol. The number of hydrogen-bond donors (Lipinski definition) is 1. The van der Waals surface area contributed by atoms with Crippen molar-refractivity contribution in [3.63, 3.8) is 0 Å². The molecule has 0 atom stereocenters. The van der Waals surface area contributed by atoms with Crippen LogP contribution >= 0.6 is 0 Å². The molecule has 0 radical (unpaired) electrons. The molecule has 3 nitrogen and oxygen atoms in total. The van der Waals surface area contributed by atoms with Crippen LogP contribution in [-0.4, -0.2) is 16.1 Å². The van der Waals surface area contributed by atoms with Crippen molar-refractivity contribution in [2.75, 3.05) is 0 Å². The third-order valence-corrected chi connectivity index (χ3v) is 1.75. The van der Waals surface area contributed by atoms with Crippen LogP contribution < -0.4 is 0 Å². The van der Waals surface area contributed by atoms with E-state index >= 15 is 0 Å². The second-order valence-electron chi connectivity index (χ2n) is 3.56. The number of aromatic nitrogens is 1. The van der Waals surface area contributed by atoms with Crippen molar-refractivity contribution in [1.82, 2.24) is 4.98 Å². The fourth-order valence-corrected chi connectivity index (χ4v) is 1.06. The van der Waals surface area contributed by atoms with Crippen LogP contribution in [0.5, 0.6) is 0 Å². The van der Waals surface area contributed by atoms with Crippen LogP contribution in [0.25, 0.3) is 0 Å². The van der Waals surface area contributed by atoms with Crippen molar-refractivity contribution in [2.24, 2.45) is 0 Å². The summed E-state index contributed by atoms with van der Waals surface area (Å²) in [6.07, 6.45) is -0.177. The van der Waals surface area contributed by atoms with Gasteiger partial charge in [-0.3, -0.25) is 9.78 Å². The molecule has 1 rings (SSSR count). The summed E-state index contributed by atoms with van der Waals surface area (Å²) in [5, 5.41) is 8.53. The number of halogens is 1. The van der Waals surface area contributed by atoms with Gasteiger partial charge in [-0.15, -0.1) is 0 Å². The van der Waals surface area contributed by atoms with Crippen LogP contribution in [0.1, 0.15) is 25.2 Å². The molecule has 1 N–H and O–H groups in total. The van der Waals surface area contributed by atoms with Crippen molar-refractivity contribution in [2.45, 2.75) is 25.9 Å². The smallest absolute Gasteiger partial charge is 0.309 e. The van der Waals surface area contributed by atoms with Gasteiger partial charge in [-0.25, -0.2) is 4.39 Å². The fraction of sp³-hybridized carbons (Fsp3) is 0.400. The maximum atomic E-state index is 13.4. The summed E-state index contributed by atoms with van der Waals surface area (Å²) in [4.78, 5) is 14.3. The number of aliphatic carboxylic acids is 1. The molecule has 0 bridgehead atoms. The summed E-state index contributed by atoms with van der Waals surface area (Å²) in [5.74, 6) is -0.966. The zero-order valence-corrected chi connectivity index (χ0v) is 8.12. The van der Waals surface area contributed by atoms with Gasteiger partial charge in [0.15, 0.2) is 0 Å². The van der Waals surface area contributed by atoms with E-state index in [0.717, 1.165) is 0 Å². The van der Waals surface area contributed by atoms with Crippen LogP contribution in [0.2, 0.25) is 0 Å². The largest absolute Gasteiger partial charge is 0.481 e. The summed E-state index contributed by atoms with van der Waals surface area (Å²) >= 11 is 0. The van der Waals surface area contributed by atoms with E-state index in [0.29, 0.717) is 5.69 Å². The highest BCUT2D eigenvalue weighted by molar-refractivity contribution is 5.69. The van der Waals surface area contributed by atoms with Crippen molar-refractivity contribution >= 4 is 5.97 Å². The fourth-order valence-electron chi connectivity index (χ4n) is 1.06. The number of nitrogens with zero attached hydrogens (tertiary/aromatic N) is 1. The van der Waals surface area contributed by atoms with Crippen LogP contribution in [-0.2, 0) is 16.9 Å². The van der Waals surface area contributed by atoms with Crippen molar-refractivity contribution in [3.05, 3.63) is 29.6 Å². The number of carboxylic acids is 1. The Balaban J connectivity index is 2.95. The maximum Gasteiger partial charge on any atom is 0.309 e. The van der Waals surface area contributed by atoms with E-state index in [4.69, 9.17) is 5.11 Å². The zero-order chi connectivity index (χ0) is 10.8. The molecule has 0 saturated heterocycles. The summed E-state index contributed by atoms with van der Waals surface area (Å²) < 4.78 is 13.4. The van der Waals surface area contributed by atoms with Crippen molar-refractivity contribution in [3.8, 4) is 0 Å². The maximum absolute atomic E-state index is 13.4. The Morgan fingerprint density at radius 3 is 2.71 bits per heavy atom. The number of carboxylic acid groups (broad SMARTS) is 1. The first-order chi connectivity index (χ1) is 6.39. The second-order valence-corrected chi connectivity index (χ2v) is 3.56. The molecule has 0 unspecified atom stereocenters. The minimum atomic E-state index is -1.53. The van der Waals surface area contributed by atoms with Gasteiger partial charge in [0.05, 0.1) is 17.8 Å². The molecule has 0 aliphatic carbocycles. The van der Waals surface area contributed by atoms with Gasteiger partial charge in [-0.05, 0) is 26.0 Å². The van der Waals surface area contributed by atoms with E-state index in [9.17, 15) is 9.18 Å². The number of hydrogen-bond acceptors (Lipinski definition) is 2. The molecular formula is C10H12FNO2. The second kappa shape index (κ2) is 3.74. The van der Waals surface area contributed by atoms with E-state index in [1.165, 1.54) is 13.8 Å². The Morgan fingerprint density at radius 1 is 1.57 bits per heavy atom. The van der Waals surface area contributed by atoms with Crippen LogP contribution in [0.15, 0.2) is 18.2 Å². The first-order valence-corrected chi connectivity index (χ1v) is 4.27. The van der Waals surface area contributed by atoms with Gasteiger partial charge in [-0.2, -0.15) is 0 Å². The van der Waals surface area contributed by atoms with Gasteiger partial charge in [-0.1, -0.05) is 6.07 Å². The standard InChI is InChI=1S/C10H12FNO2/c1-10(2,11)8-5-3-4-7(12-8)6-9(13)14/h3-5H,6H2,1-2H3,(H,13,14). The molecule has 1 aromatic heterocycles. The molecule has 14 heavy (non-hydrogen) atoms. The van der Waals surface area contributed by atoms with E-state index in [2.05, 4.69) is 4.98 Å². The molecule has 0 aliphatic rings. The predicted octanol–water partition coefficient (Wildman–Crippen LogP) is 1.91. The van der Waals surface area contributed by atoms with Gasteiger partial charge < -0.3 is 5.11 Å². The average Bonchev–Trinajstić information content (AvgIpc) is 2.01. The number of alkyl halides is 1. The highest BCUT2D eigenvalue weighted by atomic mass is 19.1. The van der Waals surface area contributed by atoms with E-state index < -0.39 is 11.6 Å². The molecule has 0 amide bonds. The minimum absolute atomic E-state index is 0.177. The summed E-state index contributed by atoms with van der Waals surface area (Å²) in [5.41, 5.74) is -0.897. The van der Waals surface area contributed by atoms with Crippen molar-refractivity contribution < 1.29 is 14.3 Å². The monoisotopic (exact) mass is 197 g/mol. The van der Waals surface area contributed by atoms with Crippen LogP contribution in [0.3, 0.4) is 0 Å². The molecule has 0 fully saturated rings. The molecule has 0 saturated carbocycles. The number of carbonyl (C=O) groups is 1. The first-order valence-electron chi connectivity index (χ1n) is 4.27. The van der Waals surface area contributed by atoms with Crippen LogP contribution in [0.4, 0.5) is 4.39 Å². The number of rotatable bonds is 3. The van der Waals surface area contributed by atoms with Gasteiger partial charge in [0, 0.05) is 0 Å². The third kappa shape index (κ3) is 2.80. The predicted molar refractivity (Wildman–Crippen MR) is 49.7 cm³/mol. The van der Waals surface area contributed by atoms with Crippen molar-refractivity contribution in [1.29, 1.82) is 0 Å². The molecule has 4 heteroatoms. The Kier molecular flexibility index (Phi) is 2.84. The molecule has 1 aromatic rings. The molecule has 0 aromatic carbocycles. The highest BCUT2D eigenvalue weighted by Gasteiger charge is 2.20. The molecule has 76 valence electrons. The minimum Gasteiger partial charge on any atom is -0.481 e. The Morgan fingerprint density at radius 2 is 2.21 bits per heavy atom. The lowest BCUT2D eigenvalue weighted by Gasteiger charge is -2.13. The number of pyridine rings is 1. The summed E-state index contributed by atoms with van der Waals surface area (Å²) in [7, 11) is 0. The van der Waals surface area contributed by atoms with Gasteiger partial charge in [0.2, 0.25) is 0 Å². The van der Waals surface area contributed by atoms with Gasteiger partial charge in [0.25, 0.3) is 0 Å². The third-order valence-electron chi connectivity index (χ3n) is 1.75. The highest BCUT2D eigenvalue weighted by Crippen LogP contribution is 2.22. The normalized spacial score (nSPS) is 11.4. The van der Waals surface area contributed by atoms with E-state index in [1.54, 1.807) is 18.2 Å².